The van der Waals surface area contributed by atoms with Gasteiger partial charge in [0.2, 0.25) is 0 Å². The highest BCUT2D eigenvalue weighted by Crippen LogP contribution is 2.46. The molecule has 0 aromatic carbocycles. The Labute approximate surface area is 111 Å². The number of morpholine rings is 1. The molecule has 0 spiro atoms. The molecule has 4 nitrogen and oxygen atoms in total. The van der Waals surface area contributed by atoms with Crippen LogP contribution in [0.15, 0.2) is 4.99 Å². The third-order valence-electron chi connectivity index (χ3n) is 4.17. The molecule has 2 rings (SSSR count). The van der Waals surface area contributed by atoms with Crippen LogP contribution < -0.4 is 5.73 Å². The molecule has 104 valence electrons. The van der Waals surface area contributed by atoms with Gasteiger partial charge >= 0.3 is 0 Å². The standard InChI is InChI=1S/C14H27N3O/c1-12(2)10-14(4-3-5-14)11-16-13(15)17-6-8-18-9-7-17/h12H,3-11H2,1-2H3,(H2,15,16). The molecule has 2 fully saturated rings. The van der Waals surface area contributed by atoms with Crippen LogP contribution in [0.2, 0.25) is 0 Å². The number of nitrogens with zero attached hydrogens (tertiary/aromatic N) is 2. The molecule has 1 saturated carbocycles. The molecule has 0 aromatic rings. The minimum absolute atomic E-state index is 0.449. The fourth-order valence-electron chi connectivity index (χ4n) is 3.11. The number of guanidine groups is 1. The molecule has 2 N–H and O–H groups in total. The van der Waals surface area contributed by atoms with E-state index in [-0.39, 0.29) is 0 Å². The second-order valence-corrected chi connectivity index (χ2v) is 6.23. The first kappa shape index (κ1) is 13.7. The van der Waals surface area contributed by atoms with Crippen LogP contribution in [0.25, 0.3) is 0 Å². The van der Waals surface area contributed by atoms with Gasteiger partial charge in [0.25, 0.3) is 0 Å². The lowest BCUT2D eigenvalue weighted by Gasteiger charge is -2.42. The van der Waals surface area contributed by atoms with Gasteiger partial charge < -0.3 is 15.4 Å². The molecule has 0 amide bonds. The van der Waals surface area contributed by atoms with Crippen molar-refractivity contribution < 1.29 is 4.74 Å². The van der Waals surface area contributed by atoms with Crippen LogP contribution in [0.1, 0.15) is 39.5 Å². The van der Waals surface area contributed by atoms with E-state index in [1.807, 2.05) is 0 Å². The molecule has 4 heteroatoms. The van der Waals surface area contributed by atoms with Gasteiger partial charge in [-0.2, -0.15) is 0 Å². The van der Waals surface area contributed by atoms with Crippen molar-refractivity contribution in [2.45, 2.75) is 39.5 Å². The maximum absolute atomic E-state index is 6.09. The van der Waals surface area contributed by atoms with E-state index < -0.39 is 0 Å². The summed E-state index contributed by atoms with van der Waals surface area (Å²) in [6, 6.07) is 0. The van der Waals surface area contributed by atoms with Crippen LogP contribution in [0.4, 0.5) is 0 Å². The van der Waals surface area contributed by atoms with Crippen molar-refractivity contribution in [1.82, 2.24) is 4.90 Å². The third kappa shape index (κ3) is 3.37. The van der Waals surface area contributed by atoms with Gasteiger partial charge in [-0.1, -0.05) is 20.3 Å². The zero-order valence-corrected chi connectivity index (χ0v) is 11.8. The maximum Gasteiger partial charge on any atom is 0.191 e. The molecular formula is C14H27N3O. The van der Waals surface area contributed by atoms with Crippen LogP contribution in [-0.2, 0) is 4.74 Å². The van der Waals surface area contributed by atoms with E-state index >= 15 is 0 Å². The lowest BCUT2D eigenvalue weighted by Crippen LogP contribution is -2.45. The molecule has 0 bridgehead atoms. The van der Waals surface area contributed by atoms with E-state index in [0.29, 0.717) is 11.4 Å². The summed E-state index contributed by atoms with van der Waals surface area (Å²) in [4.78, 5) is 6.80. The van der Waals surface area contributed by atoms with Gasteiger partial charge in [0.1, 0.15) is 0 Å². The molecular weight excluding hydrogens is 226 g/mol. The fraction of sp³-hybridized carbons (Fsp3) is 0.929. The van der Waals surface area contributed by atoms with E-state index in [9.17, 15) is 0 Å². The molecule has 0 radical (unpaired) electrons. The third-order valence-corrected chi connectivity index (χ3v) is 4.17. The first-order chi connectivity index (χ1) is 8.61. The molecule has 1 aliphatic heterocycles. The second-order valence-electron chi connectivity index (χ2n) is 6.23. The highest BCUT2D eigenvalue weighted by Gasteiger charge is 2.37. The van der Waals surface area contributed by atoms with E-state index in [4.69, 9.17) is 10.5 Å². The fourth-order valence-corrected chi connectivity index (χ4v) is 3.11. The van der Waals surface area contributed by atoms with Crippen LogP contribution in [-0.4, -0.2) is 43.7 Å². The van der Waals surface area contributed by atoms with Crippen molar-refractivity contribution in [1.29, 1.82) is 0 Å². The molecule has 0 atom stereocenters. The quantitative estimate of drug-likeness (QED) is 0.614. The van der Waals surface area contributed by atoms with Crippen LogP contribution in [0.3, 0.4) is 0 Å². The lowest BCUT2D eigenvalue weighted by atomic mass is 9.64. The van der Waals surface area contributed by atoms with E-state index in [0.717, 1.165) is 38.8 Å². The Morgan fingerprint density at radius 3 is 2.50 bits per heavy atom. The van der Waals surface area contributed by atoms with Gasteiger partial charge in [0.15, 0.2) is 5.96 Å². The molecule has 0 unspecified atom stereocenters. The van der Waals surface area contributed by atoms with Crippen molar-refractivity contribution in [3.63, 3.8) is 0 Å². The number of aliphatic imine (C=N–C) groups is 1. The summed E-state index contributed by atoms with van der Waals surface area (Å²) in [5.74, 6) is 1.47. The van der Waals surface area contributed by atoms with E-state index in [2.05, 4.69) is 23.7 Å². The summed E-state index contributed by atoms with van der Waals surface area (Å²) in [7, 11) is 0. The predicted octanol–water partition coefficient (Wildman–Crippen LogP) is 1.85. The van der Waals surface area contributed by atoms with Crippen molar-refractivity contribution in [2.24, 2.45) is 22.1 Å². The van der Waals surface area contributed by atoms with Crippen LogP contribution >= 0.6 is 0 Å². The summed E-state index contributed by atoms with van der Waals surface area (Å²) >= 11 is 0. The van der Waals surface area contributed by atoms with Gasteiger partial charge in [0, 0.05) is 19.6 Å². The monoisotopic (exact) mass is 253 g/mol. The van der Waals surface area contributed by atoms with Crippen molar-refractivity contribution in [2.75, 3.05) is 32.8 Å². The average molecular weight is 253 g/mol. The largest absolute Gasteiger partial charge is 0.378 e. The smallest absolute Gasteiger partial charge is 0.191 e. The molecule has 18 heavy (non-hydrogen) atoms. The zero-order valence-electron chi connectivity index (χ0n) is 11.8. The SMILES string of the molecule is CC(C)CC1(CN=C(N)N2CCOCC2)CCC1. The summed E-state index contributed by atoms with van der Waals surface area (Å²) in [5, 5.41) is 0. The normalized spacial score (nSPS) is 24.2. The Balaban J connectivity index is 1.87. The number of nitrogens with two attached hydrogens (primary N) is 1. The Morgan fingerprint density at radius 2 is 2.00 bits per heavy atom. The number of hydrogen-bond acceptors (Lipinski definition) is 2. The van der Waals surface area contributed by atoms with Gasteiger partial charge in [0.05, 0.1) is 13.2 Å². The first-order valence-corrected chi connectivity index (χ1v) is 7.24. The minimum Gasteiger partial charge on any atom is -0.378 e. The predicted molar refractivity (Wildman–Crippen MR) is 74.6 cm³/mol. The summed E-state index contributed by atoms with van der Waals surface area (Å²) in [5.41, 5.74) is 6.54. The van der Waals surface area contributed by atoms with Gasteiger partial charge in [-0.05, 0) is 30.6 Å². The number of hydrogen-bond donors (Lipinski definition) is 1. The maximum atomic E-state index is 6.09. The molecule has 2 aliphatic rings. The van der Waals surface area contributed by atoms with Gasteiger partial charge in [-0.15, -0.1) is 0 Å². The lowest BCUT2D eigenvalue weighted by molar-refractivity contribution is 0.0666. The summed E-state index contributed by atoms with van der Waals surface area (Å²) in [6.07, 6.45) is 5.29. The topological polar surface area (TPSA) is 50.8 Å². The molecule has 1 saturated heterocycles. The first-order valence-electron chi connectivity index (χ1n) is 7.24. The van der Waals surface area contributed by atoms with Crippen LogP contribution in [0.5, 0.6) is 0 Å². The Bertz CT molecular complexity index is 291. The Hall–Kier alpha value is -0.770. The van der Waals surface area contributed by atoms with Crippen molar-refractivity contribution in [3.8, 4) is 0 Å². The minimum atomic E-state index is 0.449. The molecule has 1 aliphatic carbocycles. The van der Waals surface area contributed by atoms with Gasteiger partial charge in [-0.3, -0.25) is 4.99 Å². The van der Waals surface area contributed by atoms with Crippen molar-refractivity contribution >= 4 is 5.96 Å². The highest BCUT2D eigenvalue weighted by atomic mass is 16.5. The van der Waals surface area contributed by atoms with E-state index in [1.54, 1.807) is 0 Å². The highest BCUT2D eigenvalue weighted by molar-refractivity contribution is 5.78. The average Bonchev–Trinajstić information content (AvgIpc) is 2.32. The second kappa shape index (κ2) is 5.91. The van der Waals surface area contributed by atoms with Crippen molar-refractivity contribution in [3.05, 3.63) is 0 Å². The Morgan fingerprint density at radius 1 is 1.33 bits per heavy atom. The number of rotatable bonds is 4. The summed E-state index contributed by atoms with van der Waals surface area (Å²) < 4.78 is 5.33. The molecule has 1 heterocycles. The summed E-state index contributed by atoms with van der Waals surface area (Å²) in [6.45, 7) is 8.82. The molecule has 0 aromatic heterocycles. The number of ether oxygens (including phenoxy) is 1. The van der Waals surface area contributed by atoms with Gasteiger partial charge in [-0.25, -0.2) is 0 Å². The van der Waals surface area contributed by atoms with Crippen LogP contribution in [0, 0.1) is 11.3 Å². The Kier molecular flexibility index (Phi) is 4.49. The zero-order chi connectivity index (χ0) is 13.0. The van der Waals surface area contributed by atoms with E-state index in [1.165, 1.54) is 25.7 Å².